The van der Waals surface area contributed by atoms with Gasteiger partial charge < -0.3 is 5.11 Å². The van der Waals surface area contributed by atoms with Gasteiger partial charge in [-0.15, -0.1) is 0 Å². The van der Waals surface area contributed by atoms with Crippen molar-refractivity contribution < 1.29 is 9.90 Å². The first-order chi connectivity index (χ1) is 7.56. The molecule has 0 aliphatic heterocycles. The third-order valence-corrected chi connectivity index (χ3v) is 2.42. The maximum absolute atomic E-state index is 11.7. The normalized spacial score (nSPS) is 13.1. The van der Waals surface area contributed by atoms with Crippen LogP contribution in [0.25, 0.3) is 0 Å². The second kappa shape index (κ2) is 5.75. The van der Waals surface area contributed by atoms with E-state index in [-0.39, 0.29) is 18.1 Å². The SMILES string of the molecule is CCCn1ncnc1CC(=O)C(O)C(C)C. The van der Waals surface area contributed by atoms with Gasteiger partial charge in [-0.3, -0.25) is 4.79 Å². The van der Waals surface area contributed by atoms with Gasteiger partial charge in [0.25, 0.3) is 0 Å². The number of Topliss-reactive ketones (excluding diaryl/α,β-unsaturated/α-hetero) is 1. The second-order valence-corrected chi connectivity index (χ2v) is 4.23. The molecule has 0 saturated carbocycles. The van der Waals surface area contributed by atoms with Gasteiger partial charge in [0.15, 0.2) is 5.78 Å². The summed E-state index contributed by atoms with van der Waals surface area (Å²) < 4.78 is 1.71. The summed E-state index contributed by atoms with van der Waals surface area (Å²) >= 11 is 0. The summed E-state index contributed by atoms with van der Waals surface area (Å²) in [5, 5.41) is 13.6. The van der Waals surface area contributed by atoms with E-state index in [2.05, 4.69) is 10.1 Å². The zero-order chi connectivity index (χ0) is 12.1. The standard InChI is InChI=1S/C11H19N3O2/c1-4-5-14-10(12-7-13-14)6-9(15)11(16)8(2)3/h7-8,11,16H,4-6H2,1-3H3. The van der Waals surface area contributed by atoms with Crippen molar-refractivity contribution in [1.82, 2.24) is 14.8 Å². The number of aliphatic hydroxyl groups is 1. The fraction of sp³-hybridized carbons (Fsp3) is 0.727. The molecule has 0 saturated heterocycles. The topological polar surface area (TPSA) is 68.0 Å². The monoisotopic (exact) mass is 225 g/mol. The van der Waals surface area contributed by atoms with Gasteiger partial charge in [-0.2, -0.15) is 5.10 Å². The number of rotatable bonds is 6. The maximum Gasteiger partial charge on any atom is 0.169 e. The van der Waals surface area contributed by atoms with Crippen molar-refractivity contribution in [3.8, 4) is 0 Å². The Labute approximate surface area is 95.5 Å². The molecular weight excluding hydrogens is 206 g/mol. The molecule has 0 aromatic carbocycles. The van der Waals surface area contributed by atoms with Gasteiger partial charge in [0.1, 0.15) is 18.3 Å². The van der Waals surface area contributed by atoms with Gasteiger partial charge in [0, 0.05) is 6.54 Å². The second-order valence-electron chi connectivity index (χ2n) is 4.23. The van der Waals surface area contributed by atoms with Crippen LogP contribution in [0.1, 0.15) is 33.0 Å². The van der Waals surface area contributed by atoms with Gasteiger partial charge in [-0.25, -0.2) is 9.67 Å². The van der Waals surface area contributed by atoms with Crippen LogP contribution >= 0.6 is 0 Å². The lowest BCUT2D eigenvalue weighted by Crippen LogP contribution is -2.28. The van der Waals surface area contributed by atoms with Crippen LogP contribution in [-0.2, 0) is 17.8 Å². The number of aromatic nitrogens is 3. The number of nitrogens with zero attached hydrogens (tertiary/aromatic N) is 3. The van der Waals surface area contributed by atoms with E-state index in [1.807, 2.05) is 20.8 Å². The van der Waals surface area contributed by atoms with Gasteiger partial charge in [-0.05, 0) is 12.3 Å². The molecule has 0 radical (unpaired) electrons. The molecular formula is C11H19N3O2. The Balaban J connectivity index is 2.65. The van der Waals surface area contributed by atoms with Crippen LogP contribution in [0.3, 0.4) is 0 Å². The molecule has 5 heteroatoms. The number of hydrogen-bond donors (Lipinski definition) is 1. The van der Waals surface area contributed by atoms with Crippen LogP contribution in [0.15, 0.2) is 6.33 Å². The predicted molar refractivity (Wildman–Crippen MR) is 59.9 cm³/mol. The molecule has 1 atom stereocenters. The van der Waals surface area contributed by atoms with Gasteiger partial charge in [0.2, 0.25) is 0 Å². The number of ketones is 1. The number of aliphatic hydroxyl groups excluding tert-OH is 1. The highest BCUT2D eigenvalue weighted by molar-refractivity contribution is 5.84. The molecule has 1 unspecified atom stereocenters. The fourth-order valence-corrected chi connectivity index (χ4v) is 1.46. The van der Waals surface area contributed by atoms with E-state index in [0.29, 0.717) is 5.82 Å². The molecule has 0 amide bonds. The number of carbonyl (C=O) groups is 1. The third kappa shape index (κ3) is 3.13. The van der Waals surface area contributed by atoms with Crippen molar-refractivity contribution in [3.63, 3.8) is 0 Å². The van der Waals surface area contributed by atoms with E-state index in [0.717, 1.165) is 13.0 Å². The predicted octanol–water partition coefficient (Wildman–Crippen LogP) is 0.817. The molecule has 0 spiro atoms. The molecule has 1 rings (SSSR count). The third-order valence-electron chi connectivity index (χ3n) is 2.42. The molecule has 5 nitrogen and oxygen atoms in total. The summed E-state index contributed by atoms with van der Waals surface area (Å²) in [4.78, 5) is 15.7. The highest BCUT2D eigenvalue weighted by Crippen LogP contribution is 2.06. The molecule has 0 aliphatic carbocycles. The lowest BCUT2D eigenvalue weighted by molar-refractivity contribution is -0.128. The van der Waals surface area contributed by atoms with Gasteiger partial charge >= 0.3 is 0 Å². The van der Waals surface area contributed by atoms with Crippen molar-refractivity contribution in [1.29, 1.82) is 0 Å². The van der Waals surface area contributed by atoms with Crippen LogP contribution < -0.4 is 0 Å². The molecule has 1 N–H and O–H groups in total. The van der Waals surface area contributed by atoms with Crippen LogP contribution in [0.4, 0.5) is 0 Å². The Bertz CT molecular complexity index is 347. The number of carbonyl (C=O) groups excluding carboxylic acids is 1. The van der Waals surface area contributed by atoms with Crippen molar-refractivity contribution >= 4 is 5.78 Å². The lowest BCUT2D eigenvalue weighted by atomic mass is 10.0. The fourth-order valence-electron chi connectivity index (χ4n) is 1.46. The van der Waals surface area contributed by atoms with Crippen molar-refractivity contribution in [2.24, 2.45) is 5.92 Å². The summed E-state index contributed by atoms with van der Waals surface area (Å²) in [6.45, 7) is 6.43. The summed E-state index contributed by atoms with van der Waals surface area (Å²) in [7, 11) is 0. The first-order valence-electron chi connectivity index (χ1n) is 5.63. The minimum atomic E-state index is -0.910. The number of aryl methyl sites for hydroxylation is 1. The first kappa shape index (κ1) is 12.8. The summed E-state index contributed by atoms with van der Waals surface area (Å²) in [5.41, 5.74) is 0. The van der Waals surface area contributed by atoms with Crippen LogP contribution in [0, 0.1) is 5.92 Å². The Morgan fingerprint density at radius 2 is 2.25 bits per heavy atom. The van der Waals surface area contributed by atoms with E-state index in [9.17, 15) is 9.90 Å². The van der Waals surface area contributed by atoms with Crippen molar-refractivity contribution in [2.75, 3.05) is 0 Å². The molecule has 16 heavy (non-hydrogen) atoms. The molecule has 1 aromatic rings. The smallest absolute Gasteiger partial charge is 0.169 e. The number of hydrogen-bond acceptors (Lipinski definition) is 4. The summed E-state index contributed by atoms with van der Waals surface area (Å²) in [6, 6.07) is 0. The van der Waals surface area contributed by atoms with E-state index < -0.39 is 6.10 Å². The Morgan fingerprint density at radius 3 is 2.81 bits per heavy atom. The van der Waals surface area contributed by atoms with E-state index >= 15 is 0 Å². The van der Waals surface area contributed by atoms with Gasteiger partial charge in [-0.1, -0.05) is 20.8 Å². The van der Waals surface area contributed by atoms with Crippen LogP contribution in [0.5, 0.6) is 0 Å². The average Bonchev–Trinajstić information content (AvgIpc) is 2.65. The average molecular weight is 225 g/mol. The highest BCUT2D eigenvalue weighted by Gasteiger charge is 2.20. The first-order valence-corrected chi connectivity index (χ1v) is 5.63. The van der Waals surface area contributed by atoms with Crippen LogP contribution in [-0.4, -0.2) is 31.8 Å². The molecule has 1 heterocycles. The Kier molecular flexibility index (Phi) is 4.61. The molecule has 0 fully saturated rings. The zero-order valence-electron chi connectivity index (χ0n) is 10.1. The van der Waals surface area contributed by atoms with Gasteiger partial charge in [0.05, 0.1) is 6.42 Å². The molecule has 1 aromatic heterocycles. The maximum atomic E-state index is 11.7. The van der Waals surface area contributed by atoms with Crippen molar-refractivity contribution in [3.05, 3.63) is 12.2 Å². The van der Waals surface area contributed by atoms with E-state index in [1.165, 1.54) is 6.33 Å². The molecule has 90 valence electrons. The summed E-state index contributed by atoms with van der Waals surface area (Å²) in [5.74, 6) is 0.377. The van der Waals surface area contributed by atoms with E-state index in [1.54, 1.807) is 4.68 Å². The minimum Gasteiger partial charge on any atom is -0.385 e. The highest BCUT2D eigenvalue weighted by atomic mass is 16.3. The zero-order valence-corrected chi connectivity index (χ0v) is 10.1. The Hall–Kier alpha value is -1.23. The largest absolute Gasteiger partial charge is 0.385 e. The quantitative estimate of drug-likeness (QED) is 0.778. The molecule has 0 bridgehead atoms. The van der Waals surface area contributed by atoms with Crippen molar-refractivity contribution in [2.45, 2.75) is 46.3 Å². The van der Waals surface area contributed by atoms with Crippen LogP contribution in [0.2, 0.25) is 0 Å². The van der Waals surface area contributed by atoms with E-state index in [4.69, 9.17) is 0 Å². The Morgan fingerprint density at radius 1 is 1.56 bits per heavy atom. The molecule has 0 aliphatic rings. The summed E-state index contributed by atoms with van der Waals surface area (Å²) in [6.07, 6.45) is 1.63. The minimum absolute atomic E-state index is 0.0601. The lowest BCUT2D eigenvalue weighted by Gasteiger charge is -2.12.